The lowest BCUT2D eigenvalue weighted by Crippen LogP contribution is -2.21. The maximum absolute atomic E-state index is 4.12. The standard InChI is InChI=1S/C14H17N3/c1-12(14-3-2-7-16-11-14)17-10-6-13-4-8-15-9-5-13/h2-5,7-9,11-12,17H,6,10H2,1H3/t12-/m0/s1. The molecular formula is C14H17N3. The summed E-state index contributed by atoms with van der Waals surface area (Å²) in [6, 6.07) is 8.51. The van der Waals surface area contributed by atoms with Gasteiger partial charge in [0.1, 0.15) is 0 Å². The fraction of sp³-hybridized carbons (Fsp3) is 0.286. The molecule has 0 aliphatic carbocycles. The van der Waals surface area contributed by atoms with Crippen LogP contribution in [0.1, 0.15) is 24.1 Å². The number of hydrogen-bond acceptors (Lipinski definition) is 3. The molecule has 0 aromatic carbocycles. The molecule has 88 valence electrons. The third-order valence-electron chi connectivity index (χ3n) is 2.80. The average Bonchev–Trinajstić information content (AvgIpc) is 2.41. The largest absolute Gasteiger partial charge is 0.310 e. The van der Waals surface area contributed by atoms with Crippen molar-refractivity contribution < 1.29 is 0 Å². The molecule has 0 spiro atoms. The Morgan fingerprint density at radius 1 is 1.12 bits per heavy atom. The zero-order valence-electron chi connectivity index (χ0n) is 10.0. The Balaban J connectivity index is 1.79. The molecule has 2 heterocycles. The minimum absolute atomic E-state index is 0.338. The SMILES string of the molecule is C[C@H](NCCc1ccncc1)c1cccnc1. The van der Waals surface area contributed by atoms with Crippen LogP contribution in [0.5, 0.6) is 0 Å². The van der Waals surface area contributed by atoms with E-state index < -0.39 is 0 Å². The molecule has 1 atom stereocenters. The Bertz CT molecular complexity index is 428. The second kappa shape index (κ2) is 6.11. The highest BCUT2D eigenvalue weighted by Gasteiger charge is 2.03. The summed E-state index contributed by atoms with van der Waals surface area (Å²) in [5, 5.41) is 3.49. The van der Waals surface area contributed by atoms with Gasteiger partial charge < -0.3 is 5.32 Å². The van der Waals surface area contributed by atoms with Gasteiger partial charge in [-0.2, -0.15) is 0 Å². The molecule has 0 aliphatic heterocycles. The van der Waals surface area contributed by atoms with Gasteiger partial charge in [0.05, 0.1) is 0 Å². The predicted octanol–water partition coefficient (Wildman–Crippen LogP) is 2.37. The maximum Gasteiger partial charge on any atom is 0.0315 e. The van der Waals surface area contributed by atoms with E-state index in [0.717, 1.165) is 13.0 Å². The average molecular weight is 227 g/mol. The molecule has 2 aromatic rings. The van der Waals surface area contributed by atoms with Crippen molar-refractivity contribution in [3.8, 4) is 0 Å². The zero-order valence-corrected chi connectivity index (χ0v) is 10.0. The molecule has 0 bridgehead atoms. The van der Waals surface area contributed by atoms with Gasteiger partial charge in [0.15, 0.2) is 0 Å². The van der Waals surface area contributed by atoms with Gasteiger partial charge in [0, 0.05) is 30.8 Å². The third kappa shape index (κ3) is 3.64. The first-order valence-corrected chi connectivity index (χ1v) is 5.88. The van der Waals surface area contributed by atoms with Gasteiger partial charge >= 0.3 is 0 Å². The molecule has 0 amide bonds. The number of nitrogens with one attached hydrogen (secondary N) is 1. The van der Waals surface area contributed by atoms with E-state index in [0.29, 0.717) is 6.04 Å². The topological polar surface area (TPSA) is 37.8 Å². The van der Waals surface area contributed by atoms with E-state index in [-0.39, 0.29) is 0 Å². The Morgan fingerprint density at radius 3 is 2.65 bits per heavy atom. The van der Waals surface area contributed by atoms with Crippen molar-refractivity contribution >= 4 is 0 Å². The number of pyridine rings is 2. The monoisotopic (exact) mass is 227 g/mol. The predicted molar refractivity (Wildman–Crippen MR) is 68.6 cm³/mol. The van der Waals surface area contributed by atoms with E-state index in [1.807, 2.05) is 24.7 Å². The summed E-state index contributed by atoms with van der Waals surface area (Å²) in [6.45, 7) is 3.11. The van der Waals surface area contributed by atoms with E-state index in [2.05, 4.69) is 40.4 Å². The molecule has 3 heteroatoms. The number of nitrogens with zero attached hydrogens (tertiary/aromatic N) is 2. The van der Waals surface area contributed by atoms with Gasteiger partial charge in [-0.05, 0) is 49.2 Å². The van der Waals surface area contributed by atoms with E-state index in [1.54, 1.807) is 6.20 Å². The van der Waals surface area contributed by atoms with Crippen molar-refractivity contribution in [1.29, 1.82) is 0 Å². The summed E-state index contributed by atoms with van der Waals surface area (Å²) in [4.78, 5) is 8.13. The van der Waals surface area contributed by atoms with Crippen LogP contribution in [0.25, 0.3) is 0 Å². The van der Waals surface area contributed by atoms with Crippen molar-refractivity contribution in [2.24, 2.45) is 0 Å². The van der Waals surface area contributed by atoms with Crippen LogP contribution in [0, 0.1) is 0 Å². The van der Waals surface area contributed by atoms with Crippen LogP contribution in [0.3, 0.4) is 0 Å². The normalized spacial score (nSPS) is 12.3. The Labute approximate surface area is 102 Å². The van der Waals surface area contributed by atoms with Crippen LogP contribution in [0.2, 0.25) is 0 Å². The lowest BCUT2D eigenvalue weighted by molar-refractivity contribution is 0.575. The fourth-order valence-electron chi connectivity index (χ4n) is 1.73. The van der Waals surface area contributed by atoms with Gasteiger partial charge in [-0.25, -0.2) is 0 Å². The van der Waals surface area contributed by atoms with E-state index in [4.69, 9.17) is 0 Å². The Hall–Kier alpha value is -1.74. The minimum Gasteiger partial charge on any atom is -0.310 e. The number of hydrogen-bond donors (Lipinski definition) is 1. The molecule has 0 radical (unpaired) electrons. The van der Waals surface area contributed by atoms with Crippen LogP contribution < -0.4 is 5.32 Å². The van der Waals surface area contributed by atoms with Crippen molar-refractivity contribution in [2.45, 2.75) is 19.4 Å². The molecule has 0 saturated carbocycles. The molecule has 0 saturated heterocycles. The molecular weight excluding hydrogens is 210 g/mol. The summed E-state index contributed by atoms with van der Waals surface area (Å²) < 4.78 is 0. The highest BCUT2D eigenvalue weighted by molar-refractivity contribution is 5.13. The van der Waals surface area contributed by atoms with Crippen LogP contribution in [0.4, 0.5) is 0 Å². The summed E-state index contributed by atoms with van der Waals surface area (Å²) in [6.07, 6.45) is 8.39. The van der Waals surface area contributed by atoms with E-state index >= 15 is 0 Å². The maximum atomic E-state index is 4.12. The van der Waals surface area contributed by atoms with Crippen LogP contribution in [0.15, 0.2) is 49.1 Å². The van der Waals surface area contributed by atoms with Crippen LogP contribution in [-0.4, -0.2) is 16.5 Å². The summed E-state index contributed by atoms with van der Waals surface area (Å²) >= 11 is 0. The quantitative estimate of drug-likeness (QED) is 0.852. The van der Waals surface area contributed by atoms with Crippen LogP contribution in [-0.2, 0) is 6.42 Å². The van der Waals surface area contributed by atoms with Crippen molar-refractivity contribution in [2.75, 3.05) is 6.54 Å². The Kier molecular flexibility index (Phi) is 4.22. The lowest BCUT2D eigenvalue weighted by atomic mass is 10.1. The molecule has 17 heavy (non-hydrogen) atoms. The first-order chi connectivity index (χ1) is 8.36. The van der Waals surface area contributed by atoms with Gasteiger partial charge in [0.25, 0.3) is 0 Å². The van der Waals surface area contributed by atoms with Gasteiger partial charge in [-0.15, -0.1) is 0 Å². The molecule has 2 rings (SSSR count). The van der Waals surface area contributed by atoms with Gasteiger partial charge in [0.2, 0.25) is 0 Å². The molecule has 1 N–H and O–H groups in total. The molecule has 3 nitrogen and oxygen atoms in total. The second-order valence-corrected chi connectivity index (χ2v) is 4.07. The van der Waals surface area contributed by atoms with E-state index in [1.165, 1.54) is 11.1 Å². The van der Waals surface area contributed by atoms with Gasteiger partial charge in [-0.1, -0.05) is 6.07 Å². The number of rotatable bonds is 5. The Morgan fingerprint density at radius 2 is 1.94 bits per heavy atom. The minimum atomic E-state index is 0.338. The smallest absolute Gasteiger partial charge is 0.0315 e. The van der Waals surface area contributed by atoms with Crippen molar-refractivity contribution in [3.05, 3.63) is 60.2 Å². The highest BCUT2D eigenvalue weighted by atomic mass is 14.9. The molecule has 0 unspecified atom stereocenters. The second-order valence-electron chi connectivity index (χ2n) is 4.07. The van der Waals surface area contributed by atoms with Crippen LogP contribution >= 0.6 is 0 Å². The summed E-state index contributed by atoms with van der Waals surface area (Å²) in [7, 11) is 0. The highest BCUT2D eigenvalue weighted by Crippen LogP contribution is 2.09. The first kappa shape index (κ1) is 11.7. The third-order valence-corrected chi connectivity index (χ3v) is 2.80. The molecule has 2 aromatic heterocycles. The van der Waals surface area contributed by atoms with Gasteiger partial charge in [-0.3, -0.25) is 9.97 Å². The molecule has 0 aliphatic rings. The first-order valence-electron chi connectivity index (χ1n) is 5.88. The van der Waals surface area contributed by atoms with E-state index in [9.17, 15) is 0 Å². The fourth-order valence-corrected chi connectivity index (χ4v) is 1.73. The van der Waals surface area contributed by atoms with Crippen molar-refractivity contribution in [1.82, 2.24) is 15.3 Å². The zero-order chi connectivity index (χ0) is 11.9. The summed E-state index contributed by atoms with van der Waals surface area (Å²) in [5.74, 6) is 0. The molecule has 0 fully saturated rings. The lowest BCUT2D eigenvalue weighted by Gasteiger charge is -2.13. The summed E-state index contributed by atoms with van der Waals surface area (Å²) in [5.41, 5.74) is 2.54. The number of aromatic nitrogens is 2. The van der Waals surface area contributed by atoms with Crippen molar-refractivity contribution in [3.63, 3.8) is 0 Å².